The zero-order chi connectivity index (χ0) is 16.1. The average Bonchev–Trinajstić information content (AvgIpc) is 3.01. The van der Waals surface area contributed by atoms with Gasteiger partial charge in [0.15, 0.2) is 5.82 Å². The first-order valence-electron chi connectivity index (χ1n) is 7.51. The maximum atomic E-state index is 12.5. The molecule has 23 heavy (non-hydrogen) atoms. The van der Waals surface area contributed by atoms with E-state index in [1.807, 2.05) is 19.9 Å². The molecule has 0 radical (unpaired) electrons. The van der Waals surface area contributed by atoms with Gasteiger partial charge in [0.25, 0.3) is 5.56 Å². The Morgan fingerprint density at radius 1 is 1.35 bits per heavy atom. The van der Waals surface area contributed by atoms with Gasteiger partial charge in [-0.2, -0.15) is 5.10 Å². The summed E-state index contributed by atoms with van der Waals surface area (Å²) in [6.45, 7) is 4.06. The number of benzene rings is 1. The van der Waals surface area contributed by atoms with Gasteiger partial charge in [-0.1, -0.05) is 24.6 Å². The summed E-state index contributed by atoms with van der Waals surface area (Å²) in [4.78, 5) is 19.4. The highest BCUT2D eigenvalue weighted by atomic mass is 16.3. The Balaban J connectivity index is 2.05. The molecule has 2 aromatic heterocycles. The zero-order valence-electron chi connectivity index (χ0n) is 12.8. The van der Waals surface area contributed by atoms with Gasteiger partial charge in [0.1, 0.15) is 17.6 Å². The van der Waals surface area contributed by atoms with E-state index in [1.54, 1.807) is 0 Å². The number of pyridine rings is 1. The summed E-state index contributed by atoms with van der Waals surface area (Å²) in [5, 5.41) is 17.1. The summed E-state index contributed by atoms with van der Waals surface area (Å²) in [5.41, 5.74) is 4.50. The molecule has 1 aliphatic rings. The maximum absolute atomic E-state index is 12.5. The van der Waals surface area contributed by atoms with Crippen LogP contribution in [0.15, 0.2) is 29.3 Å². The van der Waals surface area contributed by atoms with Crippen molar-refractivity contribution >= 4 is 0 Å². The maximum Gasteiger partial charge on any atom is 0.263 e. The first kappa shape index (κ1) is 13.8. The number of aromatic nitrogens is 4. The van der Waals surface area contributed by atoms with Crippen molar-refractivity contribution in [1.82, 2.24) is 20.2 Å². The van der Waals surface area contributed by atoms with E-state index in [0.717, 1.165) is 23.1 Å². The SMILES string of the molecule is Cc1ccc2c(c1)-c1[nH]c(=O)c(-c3ncn[nH]3)c(O)c1C(C)C2. The van der Waals surface area contributed by atoms with Crippen molar-refractivity contribution in [3.8, 4) is 28.4 Å². The number of fused-ring (bicyclic) bond motifs is 3. The molecule has 0 spiro atoms. The Kier molecular flexibility index (Phi) is 2.87. The Bertz CT molecular complexity index is 957. The lowest BCUT2D eigenvalue weighted by molar-refractivity contribution is 0.462. The third kappa shape index (κ3) is 1.98. The number of hydrogen-bond donors (Lipinski definition) is 3. The van der Waals surface area contributed by atoms with Gasteiger partial charge in [-0.25, -0.2) is 4.98 Å². The van der Waals surface area contributed by atoms with Gasteiger partial charge in [0.05, 0.1) is 5.69 Å². The highest BCUT2D eigenvalue weighted by Crippen LogP contribution is 2.44. The fourth-order valence-electron chi connectivity index (χ4n) is 3.37. The molecule has 0 saturated heterocycles. The number of aromatic hydroxyl groups is 1. The van der Waals surface area contributed by atoms with E-state index in [2.05, 4.69) is 32.3 Å². The number of nitrogens with one attached hydrogen (secondary N) is 2. The molecule has 3 N–H and O–H groups in total. The second-order valence-electron chi connectivity index (χ2n) is 6.07. The second-order valence-corrected chi connectivity index (χ2v) is 6.07. The highest BCUT2D eigenvalue weighted by Gasteiger charge is 2.29. The monoisotopic (exact) mass is 308 g/mol. The molecule has 6 nitrogen and oxygen atoms in total. The molecule has 3 aromatic rings. The van der Waals surface area contributed by atoms with Crippen LogP contribution in [0.25, 0.3) is 22.6 Å². The third-order valence-corrected chi connectivity index (χ3v) is 4.43. The lowest BCUT2D eigenvalue weighted by Crippen LogP contribution is -2.19. The number of aromatic amines is 2. The first-order chi connectivity index (χ1) is 11.1. The summed E-state index contributed by atoms with van der Waals surface area (Å²) in [6.07, 6.45) is 2.13. The summed E-state index contributed by atoms with van der Waals surface area (Å²) in [7, 11) is 0. The lowest BCUT2D eigenvalue weighted by Gasteiger charge is -2.26. The summed E-state index contributed by atoms with van der Waals surface area (Å²) in [5.74, 6) is 0.354. The van der Waals surface area contributed by atoms with E-state index >= 15 is 0 Å². The molecule has 4 rings (SSSR count). The van der Waals surface area contributed by atoms with E-state index in [-0.39, 0.29) is 28.6 Å². The Labute approximate surface area is 132 Å². The molecule has 2 heterocycles. The molecule has 1 aliphatic carbocycles. The van der Waals surface area contributed by atoms with E-state index in [1.165, 1.54) is 11.9 Å². The molecule has 116 valence electrons. The summed E-state index contributed by atoms with van der Waals surface area (Å²) < 4.78 is 0. The van der Waals surface area contributed by atoms with Crippen molar-refractivity contribution in [2.75, 3.05) is 0 Å². The zero-order valence-corrected chi connectivity index (χ0v) is 12.8. The van der Waals surface area contributed by atoms with Crippen LogP contribution >= 0.6 is 0 Å². The van der Waals surface area contributed by atoms with Gasteiger partial charge < -0.3 is 10.1 Å². The molecule has 6 heteroatoms. The minimum Gasteiger partial charge on any atom is -0.507 e. The van der Waals surface area contributed by atoms with Crippen LogP contribution < -0.4 is 5.56 Å². The molecule has 1 aromatic carbocycles. The number of hydrogen-bond acceptors (Lipinski definition) is 4. The predicted molar refractivity (Wildman–Crippen MR) is 86.4 cm³/mol. The van der Waals surface area contributed by atoms with Gasteiger partial charge in [0.2, 0.25) is 0 Å². The number of nitrogens with zero attached hydrogens (tertiary/aromatic N) is 2. The van der Waals surface area contributed by atoms with E-state index < -0.39 is 0 Å². The molecule has 1 unspecified atom stereocenters. The number of H-pyrrole nitrogens is 2. The predicted octanol–water partition coefficient (Wildman–Crippen LogP) is 2.50. The molecule has 0 amide bonds. The summed E-state index contributed by atoms with van der Waals surface area (Å²) >= 11 is 0. The van der Waals surface area contributed by atoms with Crippen LogP contribution in [0.1, 0.15) is 29.5 Å². The Hall–Kier alpha value is -2.89. The van der Waals surface area contributed by atoms with Gasteiger partial charge >= 0.3 is 0 Å². The Morgan fingerprint density at radius 2 is 2.17 bits per heavy atom. The highest BCUT2D eigenvalue weighted by molar-refractivity contribution is 5.78. The molecule has 0 aliphatic heterocycles. The van der Waals surface area contributed by atoms with Crippen molar-refractivity contribution in [1.29, 1.82) is 0 Å². The minimum atomic E-state index is -0.375. The van der Waals surface area contributed by atoms with Gasteiger partial charge in [0, 0.05) is 11.1 Å². The molecule has 0 fully saturated rings. The van der Waals surface area contributed by atoms with Crippen molar-refractivity contribution in [3.05, 3.63) is 51.6 Å². The molecule has 1 atom stereocenters. The van der Waals surface area contributed by atoms with Crippen LogP contribution in [-0.4, -0.2) is 25.3 Å². The van der Waals surface area contributed by atoms with Crippen molar-refractivity contribution < 1.29 is 5.11 Å². The van der Waals surface area contributed by atoms with Gasteiger partial charge in [-0.05, 0) is 30.9 Å². The standard InChI is InChI=1S/C17H16N4O2/c1-8-3-4-10-6-9(2)12-14(11(10)5-8)20-17(23)13(15(12)22)16-18-7-19-21-16/h3-5,7,9H,6H2,1-2H3,(H,18,19,21)(H2,20,22,23). The first-order valence-corrected chi connectivity index (χ1v) is 7.51. The molecular formula is C17H16N4O2. The average molecular weight is 308 g/mol. The smallest absolute Gasteiger partial charge is 0.263 e. The van der Waals surface area contributed by atoms with Crippen LogP contribution in [0.4, 0.5) is 0 Å². The normalized spacial score (nSPS) is 16.0. The number of aryl methyl sites for hydroxylation is 1. The topological polar surface area (TPSA) is 94.7 Å². The largest absolute Gasteiger partial charge is 0.507 e. The van der Waals surface area contributed by atoms with Crippen molar-refractivity contribution in [3.63, 3.8) is 0 Å². The quantitative estimate of drug-likeness (QED) is 0.643. The van der Waals surface area contributed by atoms with Crippen molar-refractivity contribution in [2.45, 2.75) is 26.2 Å². The summed E-state index contributed by atoms with van der Waals surface area (Å²) in [6, 6.07) is 6.20. The van der Waals surface area contributed by atoms with E-state index in [4.69, 9.17) is 0 Å². The molecule has 0 bridgehead atoms. The van der Waals surface area contributed by atoms with Crippen molar-refractivity contribution in [2.24, 2.45) is 0 Å². The van der Waals surface area contributed by atoms with Gasteiger partial charge in [-0.3, -0.25) is 9.89 Å². The van der Waals surface area contributed by atoms with Crippen LogP contribution in [0, 0.1) is 6.92 Å². The van der Waals surface area contributed by atoms with Crippen LogP contribution in [-0.2, 0) is 6.42 Å². The third-order valence-electron chi connectivity index (χ3n) is 4.43. The van der Waals surface area contributed by atoms with Crippen LogP contribution in [0.5, 0.6) is 5.75 Å². The van der Waals surface area contributed by atoms with Gasteiger partial charge in [-0.15, -0.1) is 0 Å². The molecule has 0 saturated carbocycles. The van der Waals surface area contributed by atoms with E-state index in [9.17, 15) is 9.90 Å². The minimum absolute atomic E-state index is 0.0137. The van der Waals surface area contributed by atoms with Crippen LogP contribution in [0.3, 0.4) is 0 Å². The fraction of sp³-hybridized carbons (Fsp3) is 0.235. The van der Waals surface area contributed by atoms with E-state index in [0.29, 0.717) is 5.69 Å². The molecular weight excluding hydrogens is 292 g/mol. The second kappa shape index (κ2) is 4.81. The van der Waals surface area contributed by atoms with Crippen LogP contribution in [0.2, 0.25) is 0 Å². The Morgan fingerprint density at radius 3 is 2.91 bits per heavy atom. The number of rotatable bonds is 1. The lowest BCUT2D eigenvalue weighted by atomic mass is 9.80. The fourth-order valence-corrected chi connectivity index (χ4v) is 3.37.